The van der Waals surface area contributed by atoms with Gasteiger partial charge in [-0.15, -0.1) is 0 Å². The summed E-state index contributed by atoms with van der Waals surface area (Å²) in [6.45, 7) is 1.30. The molecule has 0 spiro atoms. The molecule has 3 aromatic carbocycles. The van der Waals surface area contributed by atoms with Gasteiger partial charge in [-0.3, -0.25) is 0 Å². The highest BCUT2D eigenvalue weighted by Gasteiger charge is 2.30. The minimum atomic E-state index is -1.82. The van der Waals surface area contributed by atoms with Crippen molar-refractivity contribution in [3.05, 3.63) is 95.1 Å². The van der Waals surface area contributed by atoms with Crippen molar-refractivity contribution in [3.8, 4) is 5.75 Å². The Balaban J connectivity index is 0.000000538. The number of aliphatic hydroxyl groups is 1. The van der Waals surface area contributed by atoms with Gasteiger partial charge in [-0.1, -0.05) is 66.7 Å². The van der Waals surface area contributed by atoms with Crippen molar-refractivity contribution >= 4 is 17.6 Å². The molecule has 3 aromatic rings. The number of aliphatic carboxylic acids is 2. The van der Waals surface area contributed by atoms with Crippen LogP contribution in [0.25, 0.3) is 0 Å². The Hall–Kier alpha value is -3.88. The first-order chi connectivity index (χ1) is 17.3. The molecule has 0 fully saturated rings. The third-order valence-electron chi connectivity index (χ3n) is 6.12. The first-order valence-electron chi connectivity index (χ1n) is 11.7. The molecular formula is C28H32N2O6. The molecule has 1 aliphatic carbocycles. The lowest BCUT2D eigenvalue weighted by Gasteiger charge is -2.34. The molecule has 36 heavy (non-hydrogen) atoms. The van der Waals surface area contributed by atoms with Gasteiger partial charge in [0.2, 0.25) is 0 Å². The molecule has 0 amide bonds. The lowest BCUT2D eigenvalue weighted by atomic mass is 9.84. The van der Waals surface area contributed by atoms with Gasteiger partial charge in [-0.05, 0) is 48.2 Å². The molecule has 0 saturated carbocycles. The van der Waals surface area contributed by atoms with Gasteiger partial charge in [0, 0.05) is 19.6 Å². The second-order valence-electron chi connectivity index (χ2n) is 8.59. The summed E-state index contributed by atoms with van der Waals surface area (Å²) in [5.41, 5.74) is 5.67. The number of likely N-dealkylation sites (N-methyl/N-ethyl adjacent to an activating group) is 1. The van der Waals surface area contributed by atoms with Gasteiger partial charge in [-0.25, -0.2) is 9.59 Å². The molecule has 8 heteroatoms. The van der Waals surface area contributed by atoms with E-state index >= 15 is 0 Å². The fourth-order valence-corrected chi connectivity index (χ4v) is 4.35. The molecule has 0 heterocycles. The van der Waals surface area contributed by atoms with Crippen LogP contribution in [0.4, 0.5) is 5.69 Å². The fourth-order valence-electron chi connectivity index (χ4n) is 4.35. The largest absolute Gasteiger partial charge is 0.487 e. The molecule has 8 nitrogen and oxygen atoms in total. The SMILES string of the molecule is CN[C@H]1CCc2c(ccc(OCc3ccccc3)c2N(C)Cc2ccccc2)[C@@H]1O.O=C(O)C(=O)O. The number of carboxylic acid groups (broad SMARTS) is 2. The molecule has 0 bridgehead atoms. The van der Waals surface area contributed by atoms with E-state index in [-0.39, 0.29) is 6.04 Å². The van der Waals surface area contributed by atoms with Crippen LogP contribution in [0.15, 0.2) is 72.8 Å². The molecule has 0 unspecified atom stereocenters. The average Bonchev–Trinajstić information content (AvgIpc) is 2.89. The molecule has 0 aliphatic heterocycles. The summed E-state index contributed by atoms with van der Waals surface area (Å²) in [7, 11) is 4.02. The van der Waals surface area contributed by atoms with E-state index in [9.17, 15) is 5.11 Å². The van der Waals surface area contributed by atoms with Gasteiger partial charge < -0.3 is 30.3 Å². The van der Waals surface area contributed by atoms with Crippen LogP contribution in [0.5, 0.6) is 5.75 Å². The zero-order chi connectivity index (χ0) is 26.1. The normalized spacial score (nSPS) is 16.2. The number of benzene rings is 3. The highest BCUT2D eigenvalue weighted by Crippen LogP contribution is 2.42. The quantitative estimate of drug-likeness (QED) is 0.369. The second-order valence-corrected chi connectivity index (χ2v) is 8.59. The lowest BCUT2D eigenvalue weighted by molar-refractivity contribution is -0.159. The van der Waals surface area contributed by atoms with E-state index in [1.54, 1.807) is 0 Å². The molecule has 190 valence electrons. The molecule has 0 radical (unpaired) electrons. The highest BCUT2D eigenvalue weighted by atomic mass is 16.5. The Morgan fingerprint density at radius 2 is 1.53 bits per heavy atom. The topological polar surface area (TPSA) is 119 Å². The molecule has 1 aliphatic rings. The Bertz CT molecular complexity index is 1140. The van der Waals surface area contributed by atoms with Crippen LogP contribution >= 0.6 is 0 Å². The van der Waals surface area contributed by atoms with Crippen LogP contribution in [0.1, 0.15) is 34.8 Å². The Labute approximate surface area is 210 Å². The van der Waals surface area contributed by atoms with E-state index in [1.807, 2.05) is 43.4 Å². The Morgan fingerprint density at radius 1 is 0.944 bits per heavy atom. The number of carbonyl (C=O) groups is 2. The minimum Gasteiger partial charge on any atom is -0.487 e. The first kappa shape index (κ1) is 26.7. The lowest BCUT2D eigenvalue weighted by Crippen LogP contribution is -2.36. The maximum atomic E-state index is 10.9. The van der Waals surface area contributed by atoms with Crippen LogP contribution in [0.3, 0.4) is 0 Å². The highest BCUT2D eigenvalue weighted by molar-refractivity contribution is 6.27. The molecule has 2 atom stereocenters. The second kappa shape index (κ2) is 12.7. The van der Waals surface area contributed by atoms with E-state index < -0.39 is 18.0 Å². The molecule has 4 rings (SSSR count). The van der Waals surface area contributed by atoms with Crippen molar-refractivity contribution in [1.82, 2.24) is 5.32 Å². The van der Waals surface area contributed by atoms with Gasteiger partial charge in [0.15, 0.2) is 0 Å². The number of hydrogen-bond acceptors (Lipinski definition) is 6. The summed E-state index contributed by atoms with van der Waals surface area (Å²) in [5, 5.41) is 28.9. The van der Waals surface area contributed by atoms with Gasteiger partial charge in [0.1, 0.15) is 12.4 Å². The third-order valence-corrected chi connectivity index (χ3v) is 6.12. The van der Waals surface area contributed by atoms with Crippen molar-refractivity contribution < 1.29 is 29.6 Å². The monoisotopic (exact) mass is 492 g/mol. The summed E-state index contributed by atoms with van der Waals surface area (Å²) in [6.07, 6.45) is 1.30. The van der Waals surface area contributed by atoms with Gasteiger partial charge >= 0.3 is 11.9 Å². The number of nitrogens with zero attached hydrogens (tertiary/aromatic N) is 1. The zero-order valence-electron chi connectivity index (χ0n) is 20.4. The standard InChI is InChI=1S/C26H30N2O2.C2H2O4/c1-27-23-15-13-21-22(26(23)29)14-16-24(30-18-20-11-7-4-8-12-20)25(21)28(2)17-19-9-5-3-6-10-19;3-1(4)2(5)6/h3-12,14,16,23,26-27,29H,13,15,17-18H2,1-2H3;(H,3,4)(H,5,6)/t23-,26-;/m0./s1. The summed E-state index contributed by atoms with van der Waals surface area (Å²) < 4.78 is 6.30. The number of anilines is 1. The Kier molecular flexibility index (Phi) is 9.44. The van der Waals surface area contributed by atoms with Gasteiger partial charge in [0.05, 0.1) is 11.8 Å². The maximum Gasteiger partial charge on any atom is 0.414 e. The number of rotatable bonds is 7. The smallest absolute Gasteiger partial charge is 0.414 e. The molecule has 0 saturated heterocycles. The third kappa shape index (κ3) is 6.84. The fraction of sp³-hybridized carbons (Fsp3) is 0.286. The summed E-state index contributed by atoms with van der Waals surface area (Å²) >= 11 is 0. The van der Waals surface area contributed by atoms with Crippen molar-refractivity contribution in [2.24, 2.45) is 0 Å². The zero-order valence-corrected chi connectivity index (χ0v) is 20.4. The van der Waals surface area contributed by atoms with Crippen LogP contribution < -0.4 is 15.0 Å². The number of ether oxygens (including phenoxy) is 1. The van der Waals surface area contributed by atoms with Crippen LogP contribution in [0, 0.1) is 0 Å². The van der Waals surface area contributed by atoms with Crippen LogP contribution in [-0.2, 0) is 29.2 Å². The predicted octanol–water partition coefficient (Wildman–Crippen LogP) is 3.63. The van der Waals surface area contributed by atoms with E-state index in [0.29, 0.717) is 6.61 Å². The number of carboxylic acids is 2. The van der Waals surface area contributed by atoms with Crippen LogP contribution in [0.2, 0.25) is 0 Å². The van der Waals surface area contributed by atoms with Gasteiger partial charge in [-0.2, -0.15) is 0 Å². The van der Waals surface area contributed by atoms with E-state index in [1.165, 1.54) is 11.1 Å². The number of aliphatic hydroxyl groups excluding tert-OH is 1. The molecular weight excluding hydrogens is 460 g/mol. The van der Waals surface area contributed by atoms with Crippen molar-refractivity contribution in [2.75, 3.05) is 19.0 Å². The van der Waals surface area contributed by atoms with E-state index in [4.69, 9.17) is 24.5 Å². The van der Waals surface area contributed by atoms with Crippen LogP contribution in [-0.4, -0.2) is 47.4 Å². The summed E-state index contributed by atoms with van der Waals surface area (Å²) in [6, 6.07) is 24.8. The van der Waals surface area contributed by atoms with Gasteiger partial charge in [0.25, 0.3) is 0 Å². The van der Waals surface area contributed by atoms with E-state index in [2.05, 4.69) is 53.7 Å². The minimum absolute atomic E-state index is 0.0841. The number of hydrogen-bond donors (Lipinski definition) is 4. The summed E-state index contributed by atoms with van der Waals surface area (Å²) in [5.74, 6) is -2.78. The number of fused-ring (bicyclic) bond motifs is 1. The van der Waals surface area contributed by atoms with Crippen molar-refractivity contribution in [1.29, 1.82) is 0 Å². The maximum absolute atomic E-state index is 10.9. The van der Waals surface area contributed by atoms with E-state index in [0.717, 1.165) is 42.0 Å². The Morgan fingerprint density at radius 3 is 2.08 bits per heavy atom. The molecule has 0 aromatic heterocycles. The predicted molar refractivity (Wildman–Crippen MR) is 137 cm³/mol. The molecule has 4 N–H and O–H groups in total. The summed E-state index contributed by atoms with van der Waals surface area (Å²) in [4.78, 5) is 20.4. The first-order valence-corrected chi connectivity index (χ1v) is 11.7. The number of nitrogens with one attached hydrogen (secondary N) is 1. The van der Waals surface area contributed by atoms with Crippen molar-refractivity contribution in [2.45, 2.75) is 38.1 Å². The average molecular weight is 493 g/mol. The van der Waals surface area contributed by atoms with Crippen molar-refractivity contribution in [3.63, 3.8) is 0 Å².